The minimum Gasteiger partial charge on any atom is -0.361 e. The molecule has 0 aliphatic carbocycles. The van der Waals surface area contributed by atoms with Crippen LogP contribution < -0.4 is 5.32 Å². The summed E-state index contributed by atoms with van der Waals surface area (Å²) in [6.45, 7) is 6.83. The minimum absolute atomic E-state index is 0. The summed E-state index contributed by atoms with van der Waals surface area (Å²) in [6.07, 6.45) is 4.64. The Morgan fingerprint density at radius 1 is 1.16 bits per heavy atom. The molecular formula is C19H27IN4O. The number of aromatic nitrogens is 1. The van der Waals surface area contributed by atoms with Gasteiger partial charge in [-0.3, -0.25) is 4.99 Å². The van der Waals surface area contributed by atoms with Crippen LogP contribution in [0.3, 0.4) is 0 Å². The maximum absolute atomic E-state index is 5.24. The number of hydrogen-bond donors (Lipinski definition) is 1. The van der Waals surface area contributed by atoms with Crippen molar-refractivity contribution in [2.45, 2.75) is 39.5 Å². The molecule has 1 aliphatic rings. The molecule has 1 aromatic heterocycles. The number of nitrogens with one attached hydrogen (secondary N) is 1. The van der Waals surface area contributed by atoms with E-state index >= 15 is 0 Å². The Hall–Kier alpha value is -1.57. The first-order valence-electron chi connectivity index (χ1n) is 8.77. The van der Waals surface area contributed by atoms with Gasteiger partial charge in [0.25, 0.3) is 0 Å². The zero-order valence-electron chi connectivity index (χ0n) is 15.0. The predicted octanol–water partition coefficient (Wildman–Crippen LogP) is 4.41. The fourth-order valence-corrected chi connectivity index (χ4v) is 3.11. The number of halogens is 1. The Kier molecular flexibility index (Phi) is 7.74. The molecule has 0 spiro atoms. The van der Waals surface area contributed by atoms with Crippen LogP contribution >= 0.6 is 24.0 Å². The van der Waals surface area contributed by atoms with Crippen molar-refractivity contribution in [3.8, 4) is 0 Å². The number of aryl methyl sites for hydroxylation is 2. The van der Waals surface area contributed by atoms with E-state index in [-0.39, 0.29) is 24.0 Å². The molecule has 1 N–H and O–H groups in total. The Bertz CT molecular complexity index is 658. The molecular weight excluding hydrogens is 427 g/mol. The van der Waals surface area contributed by atoms with Gasteiger partial charge in [0.1, 0.15) is 5.76 Å². The second kappa shape index (κ2) is 9.79. The van der Waals surface area contributed by atoms with Gasteiger partial charge >= 0.3 is 0 Å². The molecule has 25 heavy (non-hydrogen) atoms. The smallest absolute Gasteiger partial charge is 0.198 e. The van der Waals surface area contributed by atoms with Gasteiger partial charge in [-0.2, -0.15) is 0 Å². The minimum atomic E-state index is 0. The second-order valence-electron chi connectivity index (χ2n) is 6.30. The number of piperidine rings is 1. The van der Waals surface area contributed by atoms with E-state index in [0.29, 0.717) is 0 Å². The number of rotatable bonds is 4. The summed E-state index contributed by atoms with van der Waals surface area (Å²) in [5, 5.41) is 7.52. The molecule has 0 saturated carbocycles. The van der Waals surface area contributed by atoms with Crippen LogP contribution in [0.1, 0.15) is 36.3 Å². The van der Waals surface area contributed by atoms with E-state index in [9.17, 15) is 0 Å². The molecule has 1 aromatic carbocycles. The Labute approximate surface area is 166 Å². The van der Waals surface area contributed by atoms with Gasteiger partial charge in [0.2, 0.25) is 0 Å². The zero-order valence-corrected chi connectivity index (χ0v) is 17.3. The SMILES string of the molecule is Cc1noc(C)c1CCN=C(Nc1ccccc1)N1CCCCC1.I. The van der Waals surface area contributed by atoms with E-state index in [0.717, 1.165) is 49.2 Å². The average Bonchev–Trinajstić information content (AvgIpc) is 2.94. The van der Waals surface area contributed by atoms with Crippen molar-refractivity contribution < 1.29 is 4.52 Å². The lowest BCUT2D eigenvalue weighted by molar-refractivity contribution is 0.340. The summed E-state index contributed by atoms with van der Waals surface area (Å²) in [5.41, 5.74) is 3.23. The predicted molar refractivity (Wildman–Crippen MR) is 113 cm³/mol. The third-order valence-electron chi connectivity index (χ3n) is 4.49. The summed E-state index contributed by atoms with van der Waals surface area (Å²) in [5.74, 6) is 1.88. The van der Waals surface area contributed by atoms with Crippen LogP contribution in [0.15, 0.2) is 39.8 Å². The highest BCUT2D eigenvalue weighted by Gasteiger charge is 2.15. The lowest BCUT2D eigenvalue weighted by Crippen LogP contribution is -2.40. The Balaban J connectivity index is 0.00000225. The lowest BCUT2D eigenvalue weighted by atomic mass is 10.1. The Morgan fingerprint density at radius 3 is 2.52 bits per heavy atom. The molecule has 136 valence electrons. The molecule has 0 amide bonds. The number of hydrogen-bond acceptors (Lipinski definition) is 3. The maximum atomic E-state index is 5.24. The summed E-state index contributed by atoms with van der Waals surface area (Å²) in [7, 11) is 0. The van der Waals surface area contributed by atoms with Crippen LogP contribution in [-0.2, 0) is 6.42 Å². The molecule has 1 saturated heterocycles. The third kappa shape index (κ3) is 5.45. The molecule has 5 nitrogen and oxygen atoms in total. The second-order valence-corrected chi connectivity index (χ2v) is 6.30. The van der Waals surface area contributed by atoms with Gasteiger partial charge in [0, 0.05) is 30.9 Å². The van der Waals surface area contributed by atoms with Crippen molar-refractivity contribution in [1.29, 1.82) is 0 Å². The molecule has 1 fully saturated rings. The van der Waals surface area contributed by atoms with Crippen molar-refractivity contribution in [1.82, 2.24) is 10.1 Å². The first-order valence-corrected chi connectivity index (χ1v) is 8.77. The summed E-state index contributed by atoms with van der Waals surface area (Å²) < 4.78 is 5.24. The number of anilines is 1. The van der Waals surface area contributed by atoms with Crippen LogP contribution in [0.4, 0.5) is 5.69 Å². The van der Waals surface area contributed by atoms with Gasteiger partial charge in [-0.25, -0.2) is 0 Å². The molecule has 3 rings (SSSR count). The normalized spacial score (nSPS) is 15.0. The van der Waals surface area contributed by atoms with Crippen molar-refractivity contribution in [3.63, 3.8) is 0 Å². The molecule has 0 radical (unpaired) electrons. The molecule has 0 atom stereocenters. The lowest BCUT2D eigenvalue weighted by Gasteiger charge is -2.30. The van der Waals surface area contributed by atoms with Crippen LogP contribution in [-0.4, -0.2) is 35.7 Å². The Morgan fingerprint density at radius 2 is 1.88 bits per heavy atom. The fourth-order valence-electron chi connectivity index (χ4n) is 3.11. The van der Waals surface area contributed by atoms with Crippen molar-refractivity contribution in [3.05, 3.63) is 47.3 Å². The van der Waals surface area contributed by atoms with E-state index in [4.69, 9.17) is 9.52 Å². The van der Waals surface area contributed by atoms with Gasteiger partial charge in [0.05, 0.1) is 5.69 Å². The van der Waals surface area contributed by atoms with Gasteiger partial charge in [-0.05, 0) is 51.7 Å². The fraction of sp³-hybridized carbons (Fsp3) is 0.474. The summed E-state index contributed by atoms with van der Waals surface area (Å²) >= 11 is 0. The first-order chi connectivity index (χ1) is 11.7. The molecule has 2 heterocycles. The van der Waals surface area contributed by atoms with Crippen LogP contribution in [0.2, 0.25) is 0 Å². The molecule has 0 unspecified atom stereocenters. The molecule has 2 aromatic rings. The molecule has 1 aliphatic heterocycles. The number of likely N-dealkylation sites (tertiary alicyclic amines) is 1. The van der Waals surface area contributed by atoms with Crippen molar-refractivity contribution in [2.75, 3.05) is 25.0 Å². The maximum Gasteiger partial charge on any atom is 0.198 e. The third-order valence-corrected chi connectivity index (χ3v) is 4.49. The van der Waals surface area contributed by atoms with Gasteiger partial charge in [-0.15, -0.1) is 24.0 Å². The number of nitrogens with zero attached hydrogens (tertiary/aromatic N) is 3. The number of para-hydroxylation sites is 1. The van der Waals surface area contributed by atoms with E-state index < -0.39 is 0 Å². The van der Waals surface area contributed by atoms with E-state index in [1.165, 1.54) is 24.8 Å². The zero-order chi connectivity index (χ0) is 16.8. The van der Waals surface area contributed by atoms with Crippen molar-refractivity contribution in [2.24, 2.45) is 4.99 Å². The standard InChI is InChI=1S/C19H26N4O.HI/c1-15-18(16(2)24-22-15)11-12-20-19(23-13-7-4-8-14-23)21-17-9-5-3-6-10-17;/h3,5-6,9-10H,4,7-8,11-14H2,1-2H3,(H,20,21);1H. The van der Waals surface area contributed by atoms with Gasteiger partial charge in [0.15, 0.2) is 5.96 Å². The van der Waals surface area contributed by atoms with E-state index in [1.807, 2.05) is 32.0 Å². The number of guanidine groups is 1. The largest absolute Gasteiger partial charge is 0.361 e. The topological polar surface area (TPSA) is 53.7 Å². The van der Waals surface area contributed by atoms with Crippen molar-refractivity contribution >= 4 is 35.6 Å². The molecule has 6 heteroatoms. The number of benzene rings is 1. The molecule has 0 bridgehead atoms. The highest BCUT2D eigenvalue weighted by molar-refractivity contribution is 14.0. The van der Waals surface area contributed by atoms with Gasteiger partial charge in [-0.1, -0.05) is 23.4 Å². The van der Waals surface area contributed by atoms with Gasteiger partial charge < -0.3 is 14.7 Å². The van der Waals surface area contributed by atoms with E-state index in [1.54, 1.807) is 0 Å². The van der Waals surface area contributed by atoms with Crippen LogP contribution in [0.25, 0.3) is 0 Å². The van der Waals surface area contributed by atoms with Crippen LogP contribution in [0, 0.1) is 13.8 Å². The average molecular weight is 454 g/mol. The first kappa shape index (κ1) is 19.8. The monoisotopic (exact) mass is 454 g/mol. The quantitative estimate of drug-likeness (QED) is 0.423. The highest BCUT2D eigenvalue weighted by atomic mass is 127. The van der Waals surface area contributed by atoms with Crippen LogP contribution in [0.5, 0.6) is 0 Å². The summed E-state index contributed by atoms with van der Waals surface area (Å²) in [6, 6.07) is 10.3. The van der Waals surface area contributed by atoms with E-state index in [2.05, 4.69) is 27.5 Å². The summed E-state index contributed by atoms with van der Waals surface area (Å²) in [4.78, 5) is 7.23. The number of aliphatic imine (C=N–C) groups is 1. The highest BCUT2D eigenvalue weighted by Crippen LogP contribution is 2.15.